The second kappa shape index (κ2) is 5.66. The molecule has 0 bridgehead atoms. The molecule has 2 heterocycles. The molecule has 0 radical (unpaired) electrons. The molecular weight excluding hydrogens is 264 g/mol. The molecule has 0 spiro atoms. The number of nitrogens with zero attached hydrogens (tertiary/aromatic N) is 3. The molecule has 19 heavy (non-hydrogen) atoms. The lowest BCUT2D eigenvalue weighted by molar-refractivity contribution is -0.384. The van der Waals surface area contributed by atoms with Crippen LogP contribution in [0.25, 0.3) is 0 Å². The number of nitrogen functional groups attached to an aromatic ring is 1. The molecule has 0 saturated carbocycles. The van der Waals surface area contributed by atoms with Crippen molar-refractivity contribution in [3.8, 4) is 0 Å². The third kappa shape index (κ3) is 3.19. The van der Waals surface area contributed by atoms with Gasteiger partial charge in [0.15, 0.2) is 0 Å². The van der Waals surface area contributed by atoms with Crippen LogP contribution >= 0.6 is 11.3 Å². The number of likely N-dealkylation sites (N-methyl/N-ethyl adjacent to an activating group) is 1. The van der Waals surface area contributed by atoms with E-state index in [2.05, 4.69) is 11.1 Å². The fourth-order valence-corrected chi connectivity index (χ4v) is 2.37. The molecule has 2 N–H and O–H groups in total. The van der Waals surface area contributed by atoms with Gasteiger partial charge in [-0.15, -0.1) is 11.3 Å². The highest BCUT2D eigenvalue weighted by Gasteiger charge is 2.14. The van der Waals surface area contributed by atoms with Gasteiger partial charge in [0.1, 0.15) is 5.82 Å². The zero-order valence-corrected chi connectivity index (χ0v) is 11.3. The van der Waals surface area contributed by atoms with E-state index in [0.717, 1.165) is 13.0 Å². The van der Waals surface area contributed by atoms with Crippen molar-refractivity contribution in [2.24, 2.45) is 0 Å². The van der Waals surface area contributed by atoms with Crippen LogP contribution in [-0.4, -0.2) is 23.5 Å². The van der Waals surface area contributed by atoms with Crippen LogP contribution in [0, 0.1) is 10.1 Å². The van der Waals surface area contributed by atoms with Crippen LogP contribution in [0.15, 0.2) is 29.6 Å². The Bertz CT molecular complexity index is 571. The quantitative estimate of drug-likeness (QED) is 0.670. The lowest BCUT2D eigenvalue weighted by Crippen LogP contribution is -2.21. The first-order chi connectivity index (χ1) is 9.08. The number of hydrogen-bond acceptors (Lipinski definition) is 6. The fraction of sp³-hybridized carbons (Fsp3) is 0.250. The summed E-state index contributed by atoms with van der Waals surface area (Å²) in [5, 5.41) is 12.7. The first kappa shape index (κ1) is 13.3. The van der Waals surface area contributed by atoms with Crippen LogP contribution in [0.2, 0.25) is 0 Å². The topological polar surface area (TPSA) is 85.3 Å². The fourth-order valence-electron chi connectivity index (χ4n) is 1.67. The summed E-state index contributed by atoms with van der Waals surface area (Å²) in [6.45, 7) is 0.783. The normalized spacial score (nSPS) is 10.4. The number of hydrogen-bond donors (Lipinski definition) is 1. The monoisotopic (exact) mass is 278 g/mol. The van der Waals surface area contributed by atoms with Crippen LogP contribution in [0.5, 0.6) is 0 Å². The molecule has 0 fully saturated rings. The maximum absolute atomic E-state index is 10.7. The third-order valence-corrected chi connectivity index (χ3v) is 3.69. The van der Waals surface area contributed by atoms with Crippen molar-refractivity contribution in [1.82, 2.24) is 4.98 Å². The van der Waals surface area contributed by atoms with E-state index in [1.54, 1.807) is 17.4 Å². The van der Waals surface area contributed by atoms with Gasteiger partial charge in [0.2, 0.25) is 5.82 Å². The van der Waals surface area contributed by atoms with Gasteiger partial charge in [-0.25, -0.2) is 4.98 Å². The minimum atomic E-state index is -0.530. The summed E-state index contributed by atoms with van der Waals surface area (Å²) in [6.07, 6.45) is 0.909. The molecule has 2 aromatic rings. The van der Waals surface area contributed by atoms with Gasteiger partial charge in [-0.3, -0.25) is 10.1 Å². The molecule has 0 aliphatic heterocycles. The summed E-state index contributed by atoms with van der Waals surface area (Å²) in [7, 11) is 1.89. The molecule has 0 unspecified atom stereocenters. The summed E-state index contributed by atoms with van der Waals surface area (Å²) in [4.78, 5) is 17.4. The van der Waals surface area contributed by atoms with Crippen molar-refractivity contribution < 1.29 is 4.92 Å². The van der Waals surface area contributed by atoms with Crippen molar-refractivity contribution in [3.63, 3.8) is 0 Å². The van der Waals surface area contributed by atoms with Crippen LogP contribution in [-0.2, 0) is 6.42 Å². The lowest BCUT2D eigenvalue weighted by Gasteiger charge is -2.17. The summed E-state index contributed by atoms with van der Waals surface area (Å²) >= 11 is 1.71. The Balaban J connectivity index is 2.05. The molecule has 0 aliphatic carbocycles. The van der Waals surface area contributed by atoms with Gasteiger partial charge in [-0.2, -0.15) is 0 Å². The zero-order valence-electron chi connectivity index (χ0n) is 10.4. The van der Waals surface area contributed by atoms with E-state index in [1.807, 2.05) is 23.4 Å². The van der Waals surface area contributed by atoms with Gasteiger partial charge in [0.05, 0.1) is 4.92 Å². The van der Waals surface area contributed by atoms with E-state index in [4.69, 9.17) is 5.73 Å². The third-order valence-electron chi connectivity index (χ3n) is 2.75. The number of thiophene rings is 1. The minimum absolute atomic E-state index is 0.0505. The van der Waals surface area contributed by atoms with Gasteiger partial charge in [-0.05, 0) is 23.9 Å². The second-order valence-corrected chi connectivity index (χ2v) is 5.11. The molecule has 0 amide bonds. The summed E-state index contributed by atoms with van der Waals surface area (Å²) < 4.78 is 0. The standard InChI is InChI=1S/C12H14N4O2S/c1-15(7-6-9-3-2-8-19-9)11-5-4-10(16(17)18)12(13)14-11/h2-5,8H,6-7H2,1H3,(H2,13,14). The van der Waals surface area contributed by atoms with Crippen molar-refractivity contribution in [2.45, 2.75) is 6.42 Å². The van der Waals surface area contributed by atoms with Crippen molar-refractivity contribution in [3.05, 3.63) is 44.6 Å². The molecule has 0 aromatic carbocycles. The van der Waals surface area contributed by atoms with Crippen LogP contribution in [0.4, 0.5) is 17.3 Å². The Morgan fingerprint density at radius 1 is 1.47 bits per heavy atom. The molecule has 2 rings (SSSR count). The molecule has 6 nitrogen and oxygen atoms in total. The van der Waals surface area contributed by atoms with E-state index < -0.39 is 4.92 Å². The Hall–Kier alpha value is -2.15. The maximum atomic E-state index is 10.7. The van der Waals surface area contributed by atoms with E-state index >= 15 is 0 Å². The number of nitrogens with two attached hydrogens (primary N) is 1. The Kier molecular flexibility index (Phi) is 3.96. The highest BCUT2D eigenvalue weighted by Crippen LogP contribution is 2.22. The smallest absolute Gasteiger partial charge is 0.311 e. The molecule has 0 aliphatic rings. The van der Waals surface area contributed by atoms with E-state index in [1.165, 1.54) is 10.9 Å². The Morgan fingerprint density at radius 2 is 2.26 bits per heavy atom. The highest BCUT2D eigenvalue weighted by atomic mass is 32.1. The SMILES string of the molecule is CN(CCc1cccs1)c1ccc([N+](=O)[O-])c(N)n1. The van der Waals surface area contributed by atoms with Crippen LogP contribution in [0.1, 0.15) is 4.88 Å². The molecule has 0 atom stereocenters. The molecule has 7 heteroatoms. The molecular formula is C12H14N4O2S. The predicted octanol–water partition coefficient (Wildman–Crippen LogP) is 2.31. The predicted molar refractivity (Wildman–Crippen MR) is 76.6 cm³/mol. The zero-order chi connectivity index (χ0) is 13.8. The van der Waals surface area contributed by atoms with Crippen LogP contribution < -0.4 is 10.6 Å². The van der Waals surface area contributed by atoms with Crippen molar-refractivity contribution in [2.75, 3.05) is 24.2 Å². The Morgan fingerprint density at radius 3 is 2.84 bits per heavy atom. The summed E-state index contributed by atoms with van der Waals surface area (Å²) in [6, 6.07) is 7.10. The van der Waals surface area contributed by atoms with Gasteiger partial charge < -0.3 is 10.6 Å². The van der Waals surface area contributed by atoms with Crippen molar-refractivity contribution >= 4 is 28.7 Å². The minimum Gasteiger partial charge on any atom is -0.378 e. The number of pyridine rings is 1. The van der Waals surface area contributed by atoms with Gasteiger partial charge >= 0.3 is 5.69 Å². The number of aromatic nitrogens is 1. The average Bonchev–Trinajstić information content (AvgIpc) is 2.88. The largest absolute Gasteiger partial charge is 0.378 e. The van der Waals surface area contributed by atoms with E-state index in [9.17, 15) is 10.1 Å². The average molecular weight is 278 g/mol. The summed E-state index contributed by atoms with van der Waals surface area (Å²) in [5.41, 5.74) is 5.42. The van der Waals surface area contributed by atoms with E-state index in [0.29, 0.717) is 5.82 Å². The van der Waals surface area contributed by atoms with Crippen LogP contribution in [0.3, 0.4) is 0 Å². The van der Waals surface area contributed by atoms with Gasteiger partial charge in [0.25, 0.3) is 0 Å². The first-order valence-electron chi connectivity index (χ1n) is 5.72. The number of rotatable bonds is 5. The van der Waals surface area contributed by atoms with Gasteiger partial charge in [0, 0.05) is 24.5 Å². The van der Waals surface area contributed by atoms with Gasteiger partial charge in [-0.1, -0.05) is 6.07 Å². The molecule has 100 valence electrons. The summed E-state index contributed by atoms with van der Waals surface area (Å²) in [5.74, 6) is 0.588. The van der Waals surface area contributed by atoms with E-state index in [-0.39, 0.29) is 11.5 Å². The lowest BCUT2D eigenvalue weighted by atomic mass is 10.3. The highest BCUT2D eigenvalue weighted by molar-refractivity contribution is 7.09. The molecule has 2 aromatic heterocycles. The number of nitro groups is 1. The molecule has 0 saturated heterocycles. The maximum Gasteiger partial charge on any atom is 0.311 e. The Labute approximate surface area is 114 Å². The number of anilines is 2. The van der Waals surface area contributed by atoms with Crippen molar-refractivity contribution in [1.29, 1.82) is 0 Å². The first-order valence-corrected chi connectivity index (χ1v) is 6.60. The second-order valence-electron chi connectivity index (χ2n) is 4.08.